The first-order valence-corrected chi connectivity index (χ1v) is 7.25. The Morgan fingerprint density at radius 1 is 1.15 bits per heavy atom. The van der Waals surface area contributed by atoms with Crippen molar-refractivity contribution in [3.8, 4) is 0 Å². The van der Waals surface area contributed by atoms with Crippen LogP contribution in [0.15, 0.2) is 36.4 Å². The van der Waals surface area contributed by atoms with Gasteiger partial charge < -0.3 is 5.11 Å². The number of hydrogen-bond donors (Lipinski definition) is 1. The van der Waals surface area contributed by atoms with Gasteiger partial charge in [0.1, 0.15) is 5.82 Å². The molecule has 0 saturated heterocycles. The van der Waals surface area contributed by atoms with E-state index in [0.717, 1.165) is 18.4 Å². The Kier molecular flexibility index (Phi) is 3.77. The maximum atomic E-state index is 13.8. The fourth-order valence-corrected chi connectivity index (χ4v) is 3.08. The van der Waals surface area contributed by atoms with E-state index >= 15 is 0 Å². The van der Waals surface area contributed by atoms with Crippen LogP contribution in [0.3, 0.4) is 0 Å². The Bertz CT molecular complexity index is 619. The zero-order valence-corrected chi connectivity index (χ0v) is 11.8. The van der Waals surface area contributed by atoms with Crippen molar-refractivity contribution in [2.45, 2.75) is 31.8 Å². The van der Waals surface area contributed by atoms with Gasteiger partial charge in [0.05, 0.1) is 6.10 Å². The van der Waals surface area contributed by atoms with Gasteiger partial charge in [0.25, 0.3) is 0 Å². The summed E-state index contributed by atoms with van der Waals surface area (Å²) < 4.78 is 13.8. The molecule has 0 spiro atoms. The molecule has 0 radical (unpaired) electrons. The minimum absolute atomic E-state index is 0.199. The minimum atomic E-state index is -0.727. The van der Waals surface area contributed by atoms with Crippen molar-refractivity contribution in [3.63, 3.8) is 0 Å². The molecular weight excluding hydrogens is 275 g/mol. The van der Waals surface area contributed by atoms with Crippen molar-refractivity contribution >= 4 is 11.6 Å². The first-order valence-electron chi connectivity index (χ1n) is 6.88. The number of aliphatic hydroxyl groups is 1. The first-order chi connectivity index (χ1) is 9.65. The monoisotopic (exact) mass is 290 g/mol. The molecule has 0 aliphatic heterocycles. The van der Waals surface area contributed by atoms with Gasteiger partial charge in [-0.15, -0.1) is 0 Å². The van der Waals surface area contributed by atoms with E-state index in [2.05, 4.69) is 6.07 Å². The summed E-state index contributed by atoms with van der Waals surface area (Å²) in [6, 6.07) is 10.6. The maximum Gasteiger partial charge on any atom is 0.127 e. The summed E-state index contributed by atoms with van der Waals surface area (Å²) in [5.74, 6) is -0.363. The average molecular weight is 291 g/mol. The highest BCUT2D eigenvalue weighted by atomic mass is 35.5. The molecule has 1 N–H and O–H groups in total. The topological polar surface area (TPSA) is 20.2 Å². The van der Waals surface area contributed by atoms with E-state index in [0.29, 0.717) is 10.6 Å². The molecule has 1 aliphatic carbocycles. The van der Waals surface area contributed by atoms with Crippen molar-refractivity contribution in [2.75, 3.05) is 0 Å². The molecule has 1 unspecified atom stereocenters. The summed E-state index contributed by atoms with van der Waals surface area (Å²) in [5, 5.41) is 10.7. The summed E-state index contributed by atoms with van der Waals surface area (Å²) in [6.45, 7) is 0. The van der Waals surface area contributed by atoms with Crippen LogP contribution in [-0.4, -0.2) is 5.11 Å². The Morgan fingerprint density at radius 3 is 2.75 bits per heavy atom. The lowest BCUT2D eigenvalue weighted by Crippen LogP contribution is -2.05. The van der Waals surface area contributed by atoms with Crippen molar-refractivity contribution in [1.82, 2.24) is 0 Å². The van der Waals surface area contributed by atoms with Gasteiger partial charge in [-0.2, -0.15) is 0 Å². The van der Waals surface area contributed by atoms with E-state index in [1.54, 1.807) is 12.1 Å². The van der Waals surface area contributed by atoms with E-state index in [1.165, 1.54) is 23.6 Å². The number of rotatable bonds is 3. The van der Waals surface area contributed by atoms with Gasteiger partial charge in [-0.05, 0) is 48.1 Å². The lowest BCUT2D eigenvalue weighted by Gasteiger charge is -2.14. The van der Waals surface area contributed by atoms with Crippen molar-refractivity contribution in [3.05, 3.63) is 69.5 Å². The molecule has 1 atom stereocenters. The molecule has 0 amide bonds. The van der Waals surface area contributed by atoms with Crippen LogP contribution in [0.25, 0.3) is 0 Å². The summed E-state index contributed by atoms with van der Waals surface area (Å²) in [4.78, 5) is 0. The highest BCUT2D eigenvalue weighted by molar-refractivity contribution is 6.31. The van der Waals surface area contributed by atoms with Gasteiger partial charge in [-0.3, -0.25) is 0 Å². The third-order valence-corrected chi connectivity index (χ3v) is 4.32. The van der Waals surface area contributed by atoms with Gasteiger partial charge in [-0.25, -0.2) is 4.39 Å². The van der Waals surface area contributed by atoms with Crippen LogP contribution in [0, 0.1) is 5.82 Å². The molecule has 0 saturated carbocycles. The quantitative estimate of drug-likeness (QED) is 0.896. The zero-order chi connectivity index (χ0) is 14.1. The molecule has 3 rings (SSSR count). The third kappa shape index (κ3) is 2.58. The fourth-order valence-electron chi connectivity index (χ4n) is 2.84. The lowest BCUT2D eigenvalue weighted by atomic mass is 9.98. The minimum Gasteiger partial charge on any atom is -0.388 e. The smallest absolute Gasteiger partial charge is 0.127 e. The van der Waals surface area contributed by atoms with E-state index < -0.39 is 6.10 Å². The SMILES string of the molecule is OC(Cc1c(F)cccc1Cl)c1ccc2c(c1)CCC2. The second-order valence-electron chi connectivity index (χ2n) is 5.30. The van der Waals surface area contributed by atoms with Crippen LogP contribution in [-0.2, 0) is 19.3 Å². The number of halogens is 2. The first kappa shape index (κ1) is 13.6. The maximum absolute atomic E-state index is 13.8. The molecule has 0 heterocycles. The number of benzene rings is 2. The average Bonchev–Trinajstić information content (AvgIpc) is 2.90. The number of aryl methyl sites for hydroxylation is 2. The number of aliphatic hydroxyl groups excluding tert-OH is 1. The molecule has 1 nitrogen and oxygen atoms in total. The summed E-state index contributed by atoms with van der Waals surface area (Å²) in [5.41, 5.74) is 3.89. The predicted octanol–water partition coefficient (Wildman–Crippen LogP) is 4.24. The molecule has 1 aliphatic rings. The van der Waals surface area contributed by atoms with E-state index in [1.807, 2.05) is 12.1 Å². The van der Waals surface area contributed by atoms with Gasteiger partial charge in [0.15, 0.2) is 0 Å². The van der Waals surface area contributed by atoms with Crippen LogP contribution in [0.2, 0.25) is 5.02 Å². The summed E-state index contributed by atoms with van der Waals surface area (Å²) in [6.07, 6.45) is 2.83. The fraction of sp³-hybridized carbons (Fsp3) is 0.294. The van der Waals surface area contributed by atoms with Crippen LogP contribution in [0.5, 0.6) is 0 Å². The normalized spacial score (nSPS) is 15.2. The molecule has 3 heteroatoms. The molecule has 104 valence electrons. The molecule has 0 fully saturated rings. The summed E-state index contributed by atoms with van der Waals surface area (Å²) in [7, 11) is 0. The Hall–Kier alpha value is -1.38. The summed E-state index contributed by atoms with van der Waals surface area (Å²) >= 11 is 6.00. The third-order valence-electron chi connectivity index (χ3n) is 3.97. The van der Waals surface area contributed by atoms with E-state index in [-0.39, 0.29) is 12.2 Å². The zero-order valence-electron chi connectivity index (χ0n) is 11.1. The largest absolute Gasteiger partial charge is 0.388 e. The predicted molar refractivity (Wildman–Crippen MR) is 78.5 cm³/mol. The molecule has 2 aromatic carbocycles. The lowest BCUT2D eigenvalue weighted by molar-refractivity contribution is 0.177. The molecule has 0 bridgehead atoms. The van der Waals surface area contributed by atoms with Gasteiger partial charge in [0, 0.05) is 17.0 Å². The standard InChI is InChI=1S/C17H16ClFO/c18-15-5-2-6-16(19)14(15)10-17(20)13-8-7-11-3-1-4-12(11)9-13/h2,5-9,17,20H,1,3-4,10H2. The van der Waals surface area contributed by atoms with Crippen molar-refractivity contribution in [1.29, 1.82) is 0 Å². The second kappa shape index (κ2) is 5.55. The van der Waals surface area contributed by atoms with E-state index in [9.17, 15) is 9.50 Å². The van der Waals surface area contributed by atoms with Crippen LogP contribution in [0.1, 0.15) is 34.8 Å². The van der Waals surface area contributed by atoms with E-state index in [4.69, 9.17) is 11.6 Å². The van der Waals surface area contributed by atoms with Crippen molar-refractivity contribution < 1.29 is 9.50 Å². The van der Waals surface area contributed by atoms with Gasteiger partial charge in [0.2, 0.25) is 0 Å². The number of hydrogen-bond acceptors (Lipinski definition) is 1. The highest BCUT2D eigenvalue weighted by Gasteiger charge is 2.17. The Morgan fingerprint density at radius 2 is 1.95 bits per heavy atom. The molecule has 2 aromatic rings. The Labute approximate surface area is 123 Å². The molecule has 0 aromatic heterocycles. The van der Waals surface area contributed by atoms with Gasteiger partial charge >= 0.3 is 0 Å². The van der Waals surface area contributed by atoms with Crippen molar-refractivity contribution in [2.24, 2.45) is 0 Å². The molecule has 20 heavy (non-hydrogen) atoms. The second-order valence-corrected chi connectivity index (χ2v) is 5.71. The highest BCUT2D eigenvalue weighted by Crippen LogP contribution is 2.29. The van der Waals surface area contributed by atoms with Crippen LogP contribution < -0.4 is 0 Å². The number of fused-ring (bicyclic) bond motifs is 1. The van der Waals surface area contributed by atoms with Crippen LogP contribution >= 0.6 is 11.6 Å². The van der Waals surface area contributed by atoms with Crippen LogP contribution in [0.4, 0.5) is 4.39 Å². The Balaban J connectivity index is 1.84. The molecular formula is C17H16ClFO. The van der Waals surface area contributed by atoms with Gasteiger partial charge in [-0.1, -0.05) is 35.9 Å².